The molecule has 1 atom stereocenters. The van der Waals surface area contributed by atoms with E-state index in [4.69, 9.17) is 5.73 Å². The average molecular weight is 287 g/mol. The third kappa shape index (κ3) is 2.02. The predicted octanol–water partition coefficient (Wildman–Crippen LogP) is 1.88. The third-order valence-electron chi connectivity index (χ3n) is 4.39. The summed E-state index contributed by atoms with van der Waals surface area (Å²) in [6.45, 7) is 7.61. The van der Waals surface area contributed by atoms with E-state index < -0.39 is 0 Å². The van der Waals surface area contributed by atoms with Crippen molar-refractivity contribution >= 4 is 11.6 Å². The number of fused-ring (bicyclic) bond motifs is 1. The van der Waals surface area contributed by atoms with E-state index in [2.05, 4.69) is 33.8 Å². The van der Waals surface area contributed by atoms with Gasteiger partial charge in [0, 0.05) is 24.5 Å². The molecule has 0 saturated heterocycles. The summed E-state index contributed by atoms with van der Waals surface area (Å²) in [4.78, 5) is 14.6. The summed E-state index contributed by atoms with van der Waals surface area (Å²) in [5, 5.41) is 6.96. The molecule has 0 fully saturated rings. The lowest BCUT2D eigenvalue weighted by atomic mass is 10.1. The molecular weight excluding hydrogens is 266 g/mol. The minimum Gasteiger partial charge on any atom is -0.395 e. The molecule has 21 heavy (non-hydrogen) atoms. The molecule has 3 N–H and O–H groups in total. The van der Waals surface area contributed by atoms with E-state index in [0.29, 0.717) is 17.9 Å². The van der Waals surface area contributed by atoms with Crippen molar-refractivity contribution in [3.63, 3.8) is 0 Å². The standard InChI is InChI=1S/C15H21N5O/c1-4-11-13(16)14(18-17-11)15(21)20-8-7-19-9(2)5-6-12(19)10(20)3/h5-6,10H,4,7-8,16H2,1-3H3,(H,17,18). The number of aromatic nitrogens is 3. The molecule has 1 unspecified atom stereocenters. The van der Waals surface area contributed by atoms with Gasteiger partial charge in [0.1, 0.15) is 0 Å². The van der Waals surface area contributed by atoms with Crippen molar-refractivity contribution in [3.8, 4) is 0 Å². The van der Waals surface area contributed by atoms with Crippen molar-refractivity contribution in [3.05, 3.63) is 34.9 Å². The van der Waals surface area contributed by atoms with Gasteiger partial charge in [-0.05, 0) is 32.4 Å². The number of amides is 1. The van der Waals surface area contributed by atoms with Crippen LogP contribution in [0.3, 0.4) is 0 Å². The molecule has 2 aromatic rings. The first-order chi connectivity index (χ1) is 10.0. The highest BCUT2D eigenvalue weighted by Gasteiger charge is 2.31. The lowest BCUT2D eigenvalue weighted by molar-refractivity contribution is 0.0638. The number of nitrogens with two attached hydrogens (primary N) is 1. The number of anilines is 1. The Morgan fingerprint density at radius 3 is 2.90 bits per heavy atom. The molecule has 112 valence electrons. The number of H-pyrrole nitrogens is 1. The first-order valence-electron chi connectivity index (χ1n) is 7.34. The molecule has 1 aliphatic rings. The van der Waals surface area contributed by atoms with E-state index >= 15 is 0 Å². The lowest BCUT2D eigenvalue weighted by Gasteiger charge is -2.35. The highest BCUT2D eigenvalue weighted by atomic mass is 16.2. The van der Waals surface area contributed by atoms with Crippen LogP contribution in [0, 0.1) is 6.92 Å². The SMILES string of the molecule is CCc1[nH]nc(C(=O)N2CCn3c(C)ccc3C2C)c1N. The molecule has 0 radical (unpaired) electrons. The van der Waals surface area contributed by atoms with Gasteiger partial charge in [-0.3, -0.25) is 9.89 Å². The van der Waals surface area contributed by atoms with Crippen molar-refractivity contribution in [2.75, 3.05) is 12.3 Å². The summed E-state index contributed by atoms with van der Waals surface area (Å²) in [5.41, 5.74) is 10.1. The van der Waals surface area contributed by atoms with Crippen molar-refractivity contribution in [1.82, 2.24) is 19.7 Å². The van der Waals surface area contributed by atoms with Crippen LogP contribution in [0.4, 0.5) is 5.69 Å². The number of aryl methyl sites for hydroxylation is 2. The minimum absolute atomic E-state index is 0.0288. The van der Waals surface area contributed by atoms with E-state index in [9.17, 15) is 4.79 Å². The molecule has 0 saturated carbocycles. The maximum Gasteiger partial charge on any atom is 0.277 e. The summed E-state index contributed by atoms with van der Waals surface area (Å²) in [5.74, 6) is -0.0962. The number of carbonyl (C=O) groups is 1. The Bertz CT molecular complexity index is 684. The molecule has 6 heteroatoms. The summed E-state index contributed by atoms with van der Waals surface area (Å²) in [7, 11) is 0. The first kappa shape index (κ1) is 13.7. The molecule has 2 aromatic heterocycles. The van der Waals surface area contributed by atoms with Crippen molar-refractivity contribution in [2.24, 2.45) is 0 Å². The maximum absolute atomic E-state index is 12.7. The van der Waals surface area contributed by atoms with Crippen LogP contribution in [-0.2, 0) is 13.0 Å². The van der Waals surface area contributed by atoms with Gasteiger partial charge in [0.2, 0.25) is 0 Å². The Morgan fingerprint density at radius 1 is 1.48 bits per heavy atom. The molecule has 3 rings (SSSR count). The van der Waals surface area contributed by atoms with E-state index in [0.717, 1.165) is 24.4 Å². The van der Waals surface area contributed by atoms with Crippen LogP contribution in [0.1, 0.15) is 47.5 Å². The van der Waals surface area contributed by atoms with Crippen molar-refractivity contribution in [2.45, 2.75) is 39.8 Å². The number of rotatable bonds is 2. The summed E-state index contributed by atoms with van der Waals surface area (Å²) < 4.78 is 2.26. The van der Waals surface area contributed by atoms with Gasteiger partial charge >= 0.3 is 0 Å². The third-order valence-corrected chi connectivity index (χ3v) is 4.39. The number of nitrogens with one attached hydrogen (secondary N) is 1. The zero-order chi connectivity index (χ0) is 15.1. The number of carbonyl (C=O) groups excluding carboxylic acids is 1. The van der Waals surface area contributed by atoms with Crippen LogP contribution in [0.25, 0.3) is 0 Å². The van der Waals surface area contributed by atoms with Gasteiger partial charge in [0.15, 0.2) is 5.69 Å². The second kappa shape index (κ2) is 4.95. The quantitative estimate of drug-likeness (QED) is 0.885. The molecular formula is C15H21N5O. The van der Waals surface area contributed by atoms with Crippen molar-refractivity contribution in [1.29, 1.82) is 0 Å². The second-order valence-electron chi connectivity index (χ2n) is 5.54. The zero-order valence-electron chi connectivity index (χ0n) is 12.7. The molecule has 0 aliphatic carbocycles. The molecule has 3 heterocycles. The monoisotopic (exact) mass is 287 g/mol. The number of hydrogen-bond acceptors (Lipinski definition) is 3. The van der Waals surface area contributed by atoms with E-state index in [1.807, 2.05) is 18.7 Å². The summed E-state index contributed by atoms with van der Waals surface area (Å²) in [6.07, 6.45) is 0.740. The topological polar surface area (TPSA) is 79.9 Å². The van der Waals surface area contributed by atoms with Gasteiger partial charge in [-0.2, -0.15) is 5.10 Å². The van der Waals surface area contributed by atoms with Gasteiger partial charge in [-0.25, -0.2) is 0 Å². The molecule has 1 aliphatic heterocycles. The van der Waals surface area contributed by atoms with Gasteiger partial charge < -0.3 is 15.2 Å². The fraction of sp³-hybridized carbons (Fsp3) is 0.467. The van der Waals surface area contributed by atoms with Gasteiger partial charge in [-0.1, -0.05) is 6.92 Å². The van der Waals surface area contributed by atoms with Crippen LogP contribution in [0.2, 0.25) is 0 Å². The second-order valence-corrected chi connectivity index (χ2v) is 5.54. The number of aromatic amines is 1. The fourth-order valence-electron chi connectivity index (χ4n) is 3.05. The summed E-state index contributed by atoms with van der Waals surface area (Å²) in [6, 6.07) is 4.21. The van der Waals surface area contributed by atoms with Gasteiger partial charge in [0.25, 0.3) is 5.91 Å². The minimum atomic E-state index is -0.0962. The summed E-state index contributed by atoms with van der Waals surface area (Å²) >= 11 is 0. The number of nitrogen functional groups attached to an aromatic ring is 1. The van der Waals surface area contributed by atoms with Crippen LogP contribution < -0.4 is 5.73 Å². The van der Waals surface area contributed by atoms with Crippen molar-refractivity contribution < 1.29 is 4.79 Å². The molecule has 6 nitrogen and oxygen atoms in total. The van der Waals surface area contributed by atoms with E-state index in [-0.39, 0.29) is 11.9 Å². The molecule has 1 amide bonds. The zero-order valence-corrected chi connectivity index (χ0v) is 12.7. The van der Waals surface area contributed by atoms with Crippen LogP contribution in [0.15, 0.2) is 12.1 Å². The highest BCUT2D eigenvalue weighted by molar-refractivity contribution is 5.97. The Labute approximate surface area is 123 Å². The van der Waals surface area contributed by atoms with Crippen LogP contribution in [-0.4, -0.2) is 32.1 Å². The normalized spacial score (nSPS) is 17.9. The maximum atomic E-state index is 12.7. The van der Waals surface area contributed by atoms with Gasteiger partial charge in [0.05, 0.1) is 17.4 Å². The molecule has 0 bridgehead atoms. The van der Waals surface area contributed by atoms with E-state index in [1.165, 1.54) is 5.69 Å². The van der Waals surface area contributed by atoms with Crippen LogP contribution >= 0.6 is 0 Å². The fourth-order valence-corrected chi connectivity index (χ4v) is 3.05. The van der Waals surface area contributed by atoms with Gasteiger partial charge in [-0.15, -0.1) is 0 Å². The molecule has 0 spiro atoms. The highest BCUT2D eigenvalue weighted by Crippen LogP contribution is 2.29. The molecule has 0 aromatic carbocycles. The Balaban J connectivity index is 1.91. The number of hydrogen-bond donors (Lipinski definition) is 2. The predicted molar refractivity (Wildman–Crippen MR) is 81.0 cm³/mol. The first-order valence-corrected chi connectivity index (χ1v) is 7.34. The Hall–Kier alpha value is -2.24. The Kier molecular flexibility index (Phi) is 3.23. The average Bonchev–Trinajstić information content (AvgIpc) is 3.03. The van der Waals surface area contributed by atoms with Crippen LogP contribution in [0.5, 0.6) is 0 Å². The lowest BCUT2D eigenvalue weighted by Crippen LogP contribution is -2.41. The number of nitrogens with zero attached hydrogens (tertiary/aromatic N) is 3. The largest absolute Gasteiger partial charge is 0.395 e. The Morgan fingerprint density at radius 2 is 2.24 bits per heavy atom. The smallest absolute Gasteiger partial charge is 0.277 e. The van der Waals surface area contributed by atoms with E-state index in [1.54, 1.807) is 0 Å².